The molecular weight excluding hydrogens is 507 g/mol. The topological polar surface area (TPSA) is 109 Å². The molecule has 1 saturated heterocycles. The van der Waals surface area contributed by atoms with Gasteiger partial charge in [0.25, 0.3) is 5.56 Å². The first-order valence-corrected chi connectivity index (χ1v) is 13.7. The highest BCUT2D eigenvalue weighted by molar-refractivity contribution is 7.84. The maximum atomic E-state index is 14.9. The second kappa shape index (κ2) is 10.8. The summed E-state index contributed by atoms with van der Waals surface area (Å²) in [7, 11) is -1.28. The van der Waals surface area contributed by atoms with Crippen LogP contribution < -0.4 is 21.1 Å². The molecule has 4 aromatic rings. The van der Waals surface area contributed by atoms with Crippen molar-refractivity contribution in [2.75, 3.05) is 42.7 Å². The van der Waals surface area contributed by atoms with Gasteiger partial charge in [0.05, 0.1) is 28.6 Å². The molecule has 5 rings (SSSR count). The maximum absolute atomic E-state index is 14.9. The predicted octanol–water partition coefficient (Wildman–Crippen LogP) is 3.07. The number of hydrogen-bond donors (Lipinski definition) is 2. The number of ketones is 1. The fraction of sp³-hybridized carbons (Fsp3) is 0.259. The lowest BCUT2D eigenvalue weighted by atomic mass is 10.1. The van der Waals surface area contributed by atoms with Crippen molar-refractivity contribution in [3.8, 4) is 0 Å². The van der Waals surface area contributed by atoms with Gasteiger partial charge < -0.3 is 15.5 Å². The molecule has 1 atom stereocenters. The molecule has 196 valence electrons. The number of nitrogens with zero attached hydrogens (tertiary/aromatic N) is 4. The molecule has 0 saturated carbocycles. The quantitative estimate of drug-likeness (QED) is 0.348. The van der Waals surface area contributed by atoms with E-state index in [0.717, 1.165) is 26.2 Å². The van der Waals surface area contributed by atoms with Crippen LogP contribution in [-0.2, 0) is 17.3 Å². The number of anilines is 3. The van der Waals surface area contributed by atoms with Gasteiger partial charge in [-0.25, -0.2) is 9.37 Å². The third-order valence-corrected chi connectivity index (χ3v) is 7.50. The number of carbonyl (C=O) groups is 1. The first-order valence-electron chi connectivity index (χ1n) is 12.2. The van der Waals surface area contributed by atoms with Gasteiger partial charge >= 0.3 is 0 Å². The van der Waals surface area contributed by atoms with Crippen LogP contribution in [0.5, 0.6) is 0 Å². The molecular formula is C27H27FN6O3S. The monoisotopic (exact) mass is 534 g/mol. The smallest absolute Gasteiger partial charge is 0.263 e. The Bertz CT molecular complexity index is 1620. The molecule has 2 N–H and O–H groups in total. The Morgan fingerprint density at radius 3 is 2.63 bits per heavy atom. The SMILES string of the molecule is CC(=O)c1cc2cnc(Nc3ccc(N4CCNCC4)c(F)c3)nc2n(Cc2ccccc2S(C)=O)c1=O. The van der Waals surface area contributed by atoms with Gasteiger partial charge in [0.2, 0.25) is 5.95 Å². The summed E-state index contributed by atoms with van der Waals surface area (Å²) in [6, 6.07) is 13.5. The Morgan fingerprint density at radius 2 is 1.92 bits per heavy atom. The van der Waals surface area contributed by atoms with Gasteiger partial charge in [0.1, 0.15) is 11.5 Å². The number of piperazine rings is 1. The van der Waals surface area contributed by atoms with Gasteiger partial charge in [-0.2, -0.15) is 4.98 Å². The molecule has 3 heterocycles. The van der Waals surface area contributed by atoms with Crippen LogP contribution in [0.15, 0.2) is 64.4 Å². The summed E-state index contributed by atoms with van der Waals surface area (Å²) in [5.41, 5.74) is 1.49. The summed E-state index contributed by atoms with van der Waals surface area (Å²) in [6.07, 6.45) is 3.09. The number of Topliss-reactive ketones (excluding diaryl/α,β-unsaturated/α-hetero) is 1. The van der Waals surface area contributed by atoms with Crippen LogP contribution >= 0.6 is 0 Å². The molecule has 1 aliphatic rings. The molecule has 11 heteroatoms. The largest absolute Gasteiger partial charge is 0.367 e. The van der Waals surface area contributed by atoms with Gasteiger partial charge in [-0.15, -0.1) is 0 Å². The van der Waals surface area contributed by atoms with Crippen LogP contribution in [0.1, 0.15) is 22.8 Å². The van der Waals surface area contributed by atoms with E-state index in [4.69, 9.17) is 0 Å². The van der Waals surface area contributed by atoms with E-state index in [-0.39, 0.29) is 29.7 Å². The van der Waals surface area contributed by atoms with Crippen LogP contribution in [-0.4, -0.2) is 57.0 Å². The highest BCUT2D eigenvalue weighted by Crippen LogP contribution is 2.25. The van der Waals surface area contributed by atoms with Crippen LogP contribution in [0.25, 0.3) is 11.0 Å². The second-order valence-electron chi connectivity index (χ2n) is 9.07. The van der Waals surface area contributed by atoms with Crippen LogP contribution in [0.3, 0.4) is 0 Å². The van der Waals surface area contributed by atoms with Crippen LogP contribution in [0, 0.1) is 5.82 Å². The minimum atomic E-state index is -1.28. The number of carbonyl (C=O) groups excluding carboxylic acids is 1. The molecule has 1 unspecified atom stereocenters. The molecule has 1 aliphatic heterocycles. The predicted molar refractivity (Wildman–Crippen MR) is 146 cm³/mol. The fourth-order valence-electron chi connectivity index (χ4n) is 4.58. The minimum absolute atomic E-state index is 0.0162. The van der Waals surface area contributed by atoms with Gasteiger partial charge in [-0.05, 0) is 42.8 Å². The van der Waals surface area contributed by atoms with Crippen molar-refractivity contribution in [2.24, 2.45) is 0 Å². The lowest BCUT2D eigenvalue weighted by molar-refractivity contribution is 0.101. The summed E-state index contributed by atoms with van der Waals surface area (Å²) in [5.74, 6) is -0.562. The number of fused-ring (bicyclic) bond motifs is 1. The van der Waals surface area contributed by atoms with Crippen molar-refractivity contribution in [1.29, 1.82) is 0 Å². The van der Waals surface area contributed by atoms with E-state index in [0.29, 0.717) is 32.9 Å². The highest BCUT2D eigenvalue weighted by atomic mass is 32.2. The number of aromatic nitrogens is 3. The highest BCUT2D eigenvalue weighted by Gasteiger charge is 2.18. The average molecular weight is 535 g/mol. The van der Waals surface area contributed by atoms with E-state index in [1.807, 2.05) is 4.90 Å². The maximum Gasteiger partial charge on any atom is 0.263 e. The lowest BCUT2D eigenvalue weighted by Gasteiger charge is -2.29. The normalized spacial score (nSPS) is 14.4. The zero-order chi connectivity index (χ0) is 26.8. The van der Waals surface area contributed by atoms with Crippen molar-refractivity contribution in [3.63, 3.8) is 0 Å². The Morgan fingerprint density at radius 1 is 1.16 bits per heavy atom. The van der Waals surface area contributed by atoms with E-state index in [2.05, 4.69) is 20.6 Å². The summed E-state index contributed by atoms with van der Waals surface area (Å²) >= 11 is 0. The van der Waals surface area contributed by atoms with Crippen molar-refractivity contribution in [2.45, 2.75) is 18.4 Å². The first-order chi connectivity index (χ1) is 18.3. The van der Waals surface area contributed by atoms with E-state index in [1.54, 1.807) is 42.7 Å². The zero-order valence-electron chi connectivity index (χ0n) is 21.0. The van der Waals surface area contributed by atoms with Crippen molar-refractivity contribution in [1.82, 2.24) is 19.9 Å². The molecule has 38 heavy (non-hydrogen) atoms. The molecule has 0 amide bonds. The van der Waals surface area contributed by atoms with Crippen LogP contribution in [0.4, 0.5) is 21.7 Å². The molecule has 9 nitrogen and oxygen atoms in total. The average Bonchev–Trinajstić information content (AvgIpc) is 2.91. The van der Waals surface area contributed by atoms with Crippen molar-refractivity contribution in [3.05, 3.63) is 82.0 Å². The first kappa shape index (κ1) is 25.7. The Labute approximate surface area is 221 Å². The number of pyridine rings is 1. The summed E-state index contributed by atoms with van der Waals surface area (Å²) in [5, 5.41) is 6.77. The Balaban J connectivity index is 1.53. The third kappa shape index (κ3) is 5.20. The van der Waals surface area contributed by atoms with Crippen LogP contribution in [0.2, 0.25) is 0 Å². The van der Waals surface area contributed by atoms with Crippen molar-refractivity contribution >= 4 is 44.9 Å². The summed E-state index contributed by atoms with van der Waals surface area (Å²) < 4.78 is 28.6. The van der Waals surface area contributed by atoms with E-state index < -0.39 is 16.4 Å². The van der Waals surface area contributed by atoms with E-state index in [1.165, 1.54) is 29.8 Å². The number of nitrogens with one attached hydrogen (secondary N) is 2. The number of benzene rings is 2. The van der Waals surface area contributed by atoms with Gasteiger partial charge in [-0.3, -0.25) is 18.4 Å². The second-order valence-corrected chi connectivity index (χ2v) is 10.4. The third-order valence-electron chi connectivity index (χ3n) is 6.48. The van der Waals surface area contributed by atoms with Crippen molar-refractivity contribution < 1.29 is 13.4 Å². The molecule has 2 aromatic carbocycles. The Hall–Kier alpha value is -3.96. The zero-order valence-corrected chi connectivity index (χ0v) is 21.8. The minimum Gasteiger partial charge on any atom is -0.367 e. The Kier molecular flexibility index (Phi) is 7.30. The summed E-state index contributed by atoms with van der Waals surface area (Å²) in [6.45, 7) is 4.46. The standard InChI is InChI=1S/C27H27FN6O3S/c1-17(35)21-13-19-15-30-27(31-20-7-8-23(22(28)14-20)33-11-9-29-10-12-33)32-25(19)34(26(21)36)16-18-5-3-4-6-24(18)38(2)37/h3-8,13-15,29H,9-12,16H2,1-2H3,(H,30,31,32). The van der Waals surface area contributed by atoms with E-state index in [9.17, 15) is 18.2 Å². The molecule has 0 aliphatic carbocycles. The number of halogens is 1. The molecule has 1 fully saturated rings. The molecule has 0 radical (unpaired) electrons. The number of rotatable bonds is 7. The van der Waals surface area contributed by atoms with Gasteiger partial charge in [-0.1, -0.05) is 18.2 Å². The molecule has 0 bridgehead atoms. The molecule has 0 spiro atoms. The van der Waals surface area contributed by atoms with Gasteiger partial charge in [0.15, 0.2) is 5.78 Å². The fourth-order valence-corrected chi connectivity index (χ4v) is 5.35. The van der Waals surface area contributed by atoms with Gasteiger partial charge in [0, 0.05) is 54.6 Å². The lowest BCUT2D eigenvalue weighted by Crippen LogP contribution is -2.43. The number of hydrogen-bond acceptors (Lipinski definition) is 8. The molecule has 2 aromatic heterocycles. The van der Waals surface area contributed by atoms with E-state index >= 15 is 0 Å². The summed E-state index contributed by atoms with van der Waals surface area (Å²) in [4.78, 5) is 37.0.